The van der Waals surface area contributed by atoms with Crippen molar-refractivity contribution in [3.63, 3.8) is 0 Å². The zero-order chi connectivity index (χ0) is 14.7. The molecule has 106 valence electrons. The van der Waals surface area contributed by atoms with Crippen LogP contribution in [-0.2, 0) is 4.79 Å². The molecule has 7 heteroatoms. The quantitative estimate of drug-likeness (QED) is 0.867. The number of nitrogens with zero attached hydrogens (tertiary/aromatic N) is 2. The Morgan fingerprint density at radius 2 is 2.10 bits per heavy atom. The summed E-state index contributed by atoms with van der Waals surface area (Å²) < 4.78 is 0.796. The van der Waals surface area contributed by atoms with Crippen molar-refractivity contribution in [1.82, 2.24) is 10.2 Å². The van der Waals surface area contributed by atoms with E-state index in [1.807, 2.05) is 32.9 Å². The number of halogens is 1. The van der Waals surface area contributed by atoms with Crippen molar-refractivity contribution in [2.75, 3.05) is 11.1 Å². The average Bonchev–Trinajstić information content (AvgIpc) is 2.77. The Bertz CT molecular complexity index is 619. The van der Waals surface area contributed by atoms with Crippen LogP contribution in [0.1, 0.15) is 16.1 Å². The number of amides is 1. The van der Waals surface area contributed by atoms with Gasteiger partial charge in [0.15, 0.2) is 4.34 Å². The SMILES string of the molecule is Cc1cc(C)c(NC(=O)CSc2nnc(C)s2)c(Cl)c1. The normalized spacial score (nSPS) is 10.6. The van der Waals surface area contributed by atoms with E-state index >= 15 is 0 Å². The summed E-state index contributed by atoms with van der Waals surface area (Å²) in [6.07, 6.45) is 0. The second kappa shape index (κ2) is 6.56. The van der Waals surface area contributed by atoms with Crippen molar-refractivity contribution in [2.24, 2.45) is 0 Å². The highest BCUT2D eigenvalue weighted by Gasteiger charge is 2.11. The second-order valence-electron chi connectivity index (χ2n) is 4.36. The van der Waals surface area contributed by atoms with Gasteiger partial charge < -0.3 is 5.32 Å². The zero-order valence-corrected chi connectivity index (χ0v) is 13.7. The lowest BCUT2D eigenvalue weighted by molar-refractivity contribution is -0.113. The van der Waals surface area contributed by atoms with Gasteiger partial charge in [0.1, 0.15) is 5.01 Å². The minimum Gasteiger partial charge on any atom is -0.324 e. The third-order valence-corrected chi connectivity index (χ3v) is 4.80. The molecule has 1 amide bonds. The van der Waals surface area contributed by atoms with E-state index in [-0.39, 0.29) is 11.7 Å². The molecule has 0 radical (unpaired) electrons. The highest BCUT2D eigenvalue weighted by molar-refractivity contribution is 8.01. The van der Waals surface area contributed by atoms with Gasteiger partial charge >= 0.3 is 0 Å². The van der Waals surface area contributed by atoms with Crippen LogP contribution in [0.4, 0.5) is 5.69 Å². The third kappa shape index (κ3) is 3.94. The Morgan fingerprint density at radius 1 is 1.35 bits per heavy atom. The van der Waals surface area contributed by atoms with Gasteiger partial charge in [0.25, 0.3) is 0 Å². The van der Waals surface area contributed by atoms with Gasteiger partial charge in [-0.3, -0.25) is 4.79 Å². The van der Waals surface area contributed by atoms with E-state index in [2.05, 4.69) is 15.5 Å². The van der Waals surface area contributed by atoms with Crippen LogP contribution >= 0.6 is 34.7 Å². The standard InChI is InChI=1S/C13H14ClN3OS2/c1-7-4-8(2)12(10(14)5-7)15-11(18)6-19-13-17-16-9(3)20-13/h4-5H,6H2,1-3H3,(H,15,18). The molecule has 2 rings (SSSR count). The molecule has 0 saturated carbocycles. The summed E-state index contributed by atoms with van der Waals surface area (Å²) in [6, 6.07) is 3.83. The van der Waals surface area contributed by atoms with Gasteiger partial charge in [0.2, 0.25) is 5.91 Å². The minimum atomic E-state index is -0.100. The largest absolute Gasteiger partial charge is 0.324 e. The molecule has 1 heterocycles. The van der Waals surface area contributed by atoms with Crippen molar-refractivity contribution >= 4 is 46.3 Å². The number of hydrogen-bond acceptors (Lipinski definition) is 5. The van der Waals surface area contributed by atoms with Gasteiger partial charge in [0.05, 0.1) is 16.5 Å². The van der Waals surface area contributed by atoms with Crippen LogP contribution < -0.4 is 5.32 Å². The number of carbonyl (C=O) groups is 1. The molecule has 0 unspecified atom stereocenters. The van der Waals surface area contributed by atoms with Crippen LogP contribution in [0.15, 0.2) is 16.5 Å². The molecule has 0 aliphatic rings. The molecule has 0 saturated heterocycles. The van der Waals surface area contributed by atoms with E-state index < -0.39 is 0 Å². The van der Waals surface area contributed by atoms with Crippen LogP contribution in [0, 0.1) is 20.8 Å². The summed E-state index contributed by atoms with van der Waals surface area (Å²) in [5.74, 6) is 0.190. The summed E-state index contributed by atoms with van der Waals surface area (Å²) in [5.41, 5.74) is 2.71. The first-order valence-corrected chi connectivity index (χ1v) is 8.13. The molecule has 0 atom stereocenters. The average molecular weight is 328 g/mol. The fourth-order valence-corrected chi connectivity index (χ4v) is 3.70. The molecule has 1 N–H and O–H groups in total. The molecule has 0 aliphatic carbocycles. The maximum Gasteiger partial charge on any atom is 0.234 e. The molecular weight excluding hydrogens is 314 g/mol. The number of aryl methyl sites for hydroxylation is 3. The van der Waals surface area contributed by atoms with E-state index in [0.29, 0.717) is 10.7 Å². The molecule has 0 aliphatic heterocycles. The maximum atomic E-state index is 11.9. The number of hydrogen-bond donors (Lipinski definition) is 1. The Kier molecular flexibility index (Phi) is 5.01. The summed E-state index contributed by atoms with van der Waals surface area (Å²) in [7, 11) is 0. The summed E-state index contributed by atoms with van der Waals surface area (Å²) in [4.78, 5) is 11.9. The van der Waals surface area contributed by atoms with Gasteiger partial charge in [-0.1, -0.05) is 40.8 Å². The van der Waals surface area contributed by atoms with Crippen molar-refractivity contribution in [1.29, 1.82) is 0 Å². The van der Waals surface area contributed by atoms with E-state index in [9.17, 15) is 4.79 Å². The minimum absolute atomic E-state index is 0.100. The number of thioether (sulfide) groups is 1. The van der Waals surface area contributed by atoms with Gasteiger partial charge in [-0.2, -0.15) is 0 Å². The second-order valence-corrected chi connectivity index (χ2v) is 7.17. The number of rotatable bonds is 4. The van der Waals surface area contributed by atoms with E-state index in [1.54, 1.807) is 0 Å². The zero-order valence-electron chi connectivity index (χ0n) is 11.4. The molecule has 20 heavy (non-hydrogen) atoms. The van der Waals surface area contributed by atoms with Crippen LogP contribution in [-0.4, -0.2) is 21.9 Å². The van der Waals surface area contributed by atoms with E-state index in [0.717, 1.165) is 20.5 Å². The summed E-state index contributed by atoms with van der Waals surface area (Å²) >= 11 is 9.01. The highest BCUT2D eigenvalue weighted by Crippen LogP contribution is 2.28. The fourth-order valence-electron chi connectivity index (χ4n) is 1.71. The van der Waals surface area contributed by atoms with Crippen LogP contribution in [0.25, 0.3) is 0 Å². The number of carbonyl (C=O) groups excluding carboxylic acids is 1. The number of benzene rings is 1. The Hall–Kier alpha value is -1.11. The maximum absolute atomic E-state index is 11.9. The van der Waals surface area contributed by atoms with Gasteiger partial charge in [0, 0.05) is 0 Å². The van der Waals surface area contributed by atoms with Crippen LogP contribution in [0.2, 0.25) is 5.02 Å². The van der Waals surface area contributed by atoms with Gasteiger partial charge in [-0.05, 0) is 38.0 Å². The molecule has 0 fully saturated rings. The fraction of sp³-hybridized carbons (Fsp3) is 0.308. The molecule has 4 nitrogen and oxygen atoms in total. The van der Waals surface area contributed by atoms with Crippen LogP contribution in [0.5, 0.6) is 0 Å². The molecule has 1 aromatic carbocycles. The lowest BCUT2D eigenvalue weighted by atomic mass is 10.1. The molecule has 1 aromatic heterocycles. The first-order valence-electron chi connectivity index (χ1n) is 5.95. The third-order valence-electron chi connectivity index (χ3n) is 2.53. The topological polar surface area (TPSA) is 54.9 Å². The lowest BCUT2D eigenvalue weighted by Gasteiger charge is -2.11. The molecule has 0 spiro atoms. The Balaban J connectivity index is 1.98. The predicted octanol–water partition coefficient (Wildman–Crippen LogP) is 3.85. The van der Waals surface area contributed by atoms with Crippen LogP contribution in [0.3, 0.4) is 0 Å². The van der Waals surface area contributed by atoms with Crippen molar-refractivity contribution < 1.29 is 4.79 Å². The summed E-state index contributed by atoms with van der Waals surface area (Å²) in [6.45, 7) is 5.78. The lowest BCUT2D eigenvalue weighted by Crippen LogP contribution is -2.15. The van der Waals surface area contributed by atoms with Crippen molar-refractivity contribution in [3.05, 3.63) is 33.3 Å². The van der Waals surface area contributed by atoms with Gasteiger partial charge in [-0.15, -0.1) is 10.2 Å². The van der Waals surface area contributed by atoms with E-state index in [4.69, 9.17) is 11.6 Å². The Labute approximate surface area is 130 Å². The van der Waals surface area contributed by atoms with Gasteiger partial charge in [-0.25, -0.2) is 0 Å². The van der Waals surface area contributed by atoms with Crippen molar-refractivity contribution in [3.8, 4) is 0 Å². The number of nitrogens with one attached hydrogen (secondary N) is 1. The Morgan fingerprint density at radius 3 is 2.70 bits per heavy atom. The highest BCUT2D eigenvalue weighted by atomic mass is 35.5. The molecule has 0 bridgehead atoms. The molecule has 2 aromatic rings. The number of anilines is 1. The number of aromatic nitrogens is 2. The monoisotopic (exact) mass is 327 g/mol. The molecular formula is C13H14ClN3OS2. The summed E-state index contributed by atoms with van der Waals surface area (Å²) in [5, 5.41) is 12.2. The first-order chi connectivity index (χ1) is 9.45. The van der Waals surface area contributed by atoms with Crippen molar-refractivity contribution in [2.45, 2.75) is 25.1 Å². The smallest absolute Gasteiger partial charge is 0.234 e. The first kappa shape index (κ1) is 15.3. The predicted molar refractivity (Wildman–Crippen MR) is 84.9 cm³/mol. The van der Waals surface area contributed by atoms with E-state index in [1.165, 1.54) is 23.1 Å².